The minimum atomic E-state index is -0.405. The summed E-state index contributed by atoms with van der Waals surface area (Å²) in [6, 6.07) is 9.99. The van der Waals surface area contributed by atoms with Crippen LogP contribution in [-0.4, -0.2) is 16.1 Å². The van der Waals surface area contributed by atoms with Gasteiger partial charge in [0.2, 0.25) is 0 Å². The van der Waals surface area contributed by atoms with Crippen LogP contribution < -0.4 is 5.32 Å². The fraction of sp³-hybridized carbons (Fsp3) is 0.235. The highest BCUT2D eigenvalue weighted by Crippen LogP contribution is 2.41. The molecule has 2 aromatic rings. The predicted octanol–water partition coefficient (Wildman–Crippen LogP) is 4.41. The molecule has 0 bridgehead atoms. The smallest absolute Gasteiger partial charge is 0.255 e. The van der Waals surface area contributed by atoms with Crippen LogP contribution in [0, 0.1) is 0 Å². The van der Waals surface area contributed by atoms with Crippen molar-refractivity contribution < 1.29 is 15.0 Å². The van der Waals surface area contributed by atoms with Crippen LogP contribution in [-0.2, 0) is 5.41 Å². The summed E-state index contributed by atoms with van der Waals surface area (Å²) in [4.78, 5) is 12.3. The van der Waals surface area contributed by atoms with E-state index < -0.39 is 5.91 Å². The highest BCUT2D eigenvalue weighted by atomic mass is 79.9. The molecule has 0 aliphatic carbocycles. The molecule has 116 valence electrons. The van der Waals surface area contributed by atoms with E-state index in [1.165, 1.54) is 6.07 Å². The Morgan fingerprint density at radius 3 is 2.41 bits per heavy atom. The predicted molar refractivity (Wildman–Crippen MR) is 90.6 cm³/mol. The van der Waals surface area contributed by atoms with Crippen molar-refractivity contribution in [3.05, 3.63) is 52.0 Å². The Bertz CT molecular complexity index is 720. The Morgan fingerprint density at radius 2 is 1.82 bits per heavy atom. The molecule has 2 aromatic carbocycles. The van der Waals surface area contributed by atoms with Gasteiger partial charge in [-0.25, -0.2) is 0 Å². The molecule has 0 spiro atoms. The van der Waals surface area contributed by atoms with Gasteiger partial charge >= 0.3 is 0 Å². The highest BCUT2D eigenvalue weighted by molar-refractivity contribution is 9.10. The summed E-state index contributed by atoms with van der Waals surface area (Å²) in [5.41, 5.74) is 0.786. The standard InChI is InChI=1S/C17H18BrNO3/c1-17(2,3)12-7-8-13(20)14(15(12)21)19-16(22)10-5-4-6-11(18)9-10/h4-9,20-21H,1-3H3,(H,19,22). The first-order valence-electron chi connectivity index (χ1n) is 6.82. The van der Waals surface area contributed by atoms with Gasteiger partial charge in [-0.15, -0.1) is 0 Å². The summed E-state index contributed by atoms with van der Waals surface area (Å²) in [6.07, 6.45) is 0. The lowest BCUT2D eigenvalue weighted by Gasteiger charge is -2.22. The quantitative estimate of drug-likeness (QED) is 0.692. The van der Waals surface area contributed by atoms with Gasteiger partial charge in [0.25, 0.3) is 5.91 Å². The molecule has 0 heterocycles. The molecular weight excluding hydrogens is 346 g/mol. The van der Waals surface area contributed by atoms with Crippen molar-refractivity contribution in [3.63, 3.8) is 0 Å². The van der Waals surface area contributed by atoms with Crippen molar-refractivity contribution in [2.24, 2.45) is 0 Å². The number of benzene rings is 2. The zero-order valence-corrected chi connectivity index (χ0v) is 14.2. The zero-order valence-electron chi connectivity index (χ0n) is 12.6. The van der Waals surface area contributed by atoms with Crippen molar-refractivity contribution in [2.45, 2.75) is 26.2 Å². The molecule has 0 saturated heterocycles. The maximum Gasteiger partial charge on any atom is 0.255 e. The molecule has 0 fully saturated rings. The normalized spacial score (nSPS) is 11.3. The Hall–Kier alpha value is -2.01. The Balaban J connectivity index is 2.39. The number of anilines is 1. The number of phenols is 2. The van der Waals surface area contributed by atoms with Gasteiger partial charge in [0.05, 0.1) is 0 Å². The first-order chi connectivity index (χ1) is 10.2. The van der Waals surface area contributed by atoms with Gasteiger partial charge in [0.15, 0.2) is 0 Å². The number of nitrogens with one attached hydrogen (secondary N) is 1. The second-order valence-electron chi connectivity index (χ2n) is 6.07. The summed E-state index contributed by atoms with van der Waals surface area (Å²) in [5.74, 6) is -0.692. The molecule has 1 amide bonds. The molecule has 0 atom stereocenters. The van der Waals surface area contributed by atoms with Crippen molar-refractivity contribution >= 4 is 27.5 Å². The second-order valence-corrected chi connectivity index (χ2v) is 6.99. The van der Waals surface area contributed by atoms with Crippen molar-refractivity contribution in [3.8, 4) is 11.5 Å². The van der Waals surface area contributed by atoms with Crippen LogP contribution in [0.2, 0.25) is 0 Å². The number of amides is 1. The van der Waals surface area contributed by atoms with Crippen molar-refractivity contribution in [1.29, 1.82) is 0 Å². The van der Waals surface area contributed by atoms with E-state index in [1.54, 1.807) is 24.3 Å². The van der Waals surface area contributed by atoms with Crippen molar-refractivity contribution in [1.82, 2.24) is 0 Å². The van der Waals surface area contributed by atoms with Crippen molar-refractivity contribution in [2.75, 3.05) is 5.32 Å². The molecule has 0 aliphatic heterocycles. The molecule has 0 aliphatic rings. The maximum atomic E-state index is 12.3. The molecule has 4 nitrogen and oxygen atoms in total. The molecule has 0 radical (unpaired) electrons. The van der Waals surface area contributed by atoms with Gasteiger partial charge in [-0.3, -0.25) is 4.79 Å². The zero-order chi connectivity index (χ0) is 16.5. The maximum absolute atomic E-state index is 12.3. The molecule has 22 heavy (non-hydrogen) atoms. The van der Waals surface area contributed by atoms with Gasteiger partial charge < -0.3 is 15.5 Å². The van der Waals surface area contributed by atoms with E-state index in [0.717, 1.165) is 4.47 Å². The van der Waals surface area contributed by atoms with E-state index in [9.17, 15) is 15.0 Å². The number of hydrogen-bond donors (Lipinski definition) is 3. The Kier molecular flexibility index (Phi) is 4.47. The van der Waals surface area contributed by atoms with Gasteiger partial charge in [0, 0.05) is 15.6 Å². The van der Waals surface area contributed by atoms with Gasteiger partial charge in [-0.05, 0) is 29.7 Å². The first-order valence-corrected chi connectivity index (χ1v) is 7.62. The van der Waals surface area contributed by atoms with E-state index in [2.05, 4.69) is 21.2 Å². The number of aromatic hydroxyl groups is 2. The lowest BCUT2D eigenvalue weighted by atomic mass is 9.86. The van der Waals surface area contributed by atoms with Gasteiger partial charge in [0.1, 0.15) is 17.2 Å². The number of halogens is 1. The lowest BCUT2D eigenvalue weighted by molar-refractivity contribution is 0.102. The summed E-state index contributed by atoms with van der Waals surface area (Å²) < 4.78 is 0.775. The van der Waals surface area contributed by atoms with E-state index in [4.69, 9.17) is 0 Å². The third-order valence-corrected chi connectivity index (χ3v) is 3.78. The van der Waals surface area contributed by atoms with Gasteiger partial charge in [-0.1, -0.05) is 48.8 Å². The van der Waals surface area contributed by atoms with Crippen LogP contribution in [0.15, 0.2) is 40.9 Å². The van der Waals surface area contributed by atoms with E-state index in [1.807, 2.05) is 26.8 Å². The first kappa shape index (κ1) is 16.4. The van der Waals surface area contributed by atoms with Gasteiger partial charge in [-0.2, -0.15) is 0 Å². The fourth-order valence-electron chi connectivity index (χ4n) is 2.12. The third-order valence-electron chi connectivity index (χ3n) is 3.29. The molecule has 0 aromatic heterocycles. The SMILES string of the molecule is CC(C)(C)c1ccc(O)c(NC(=O)c2cccc(Br)c2)c1O. The van der Waals surface area contributed by atoms with Crippen LogP contribution in [0.4, 0.5) is 5.69 Å². The highest BCUT2D eigenvalue weighted by Gasteiger charge is 2.23. The third kappa shape index (κ3) is 3.42. The Labute approximate surface area is 137 Å². The number of phenolic OH excluding ortho intramolecular Hbond substituents is 2. The summed E-state index contributed by atoms with van der Waals surface area (Å²) >= 11 is 3.30. The molecule has 0 unspecified atom stereocenters. The van der Waals surface area contributed by atoms with E-state index in [0.29, 0.717) is 11.1 Å². The topological polar surface area (TPSA) is 69.6 Å². The monoisotopic (exact) mass is 363 g/mol. The summed E-state index contributed by atoms with van der Waals surface area (Å²) in [7, 11) is 0. The molecule has 2 rings (SSSR count). The molecule has 0 saturated carbocycles. The minimum Gasteiger partial charge on any atom is -0.506 e. The largest absolute Gasteiger partial charge is 0.506 e. The molecule has 3 N–H and O–H groups in total. The second kappa shape index (κ2) is 6.01. The van der Waals surface area contributed by atoms with Crippen LogP contribution in [0.1, 0.15) is 36.7 Å². The van der Waals surface area contributed by atoms with E-state index >= 15 is 0 Å². The van der Waals surface area contributed by atoms with Crippen LogP contribution in [0.3, 0.4) is 0 Å². The lowest BCUT2D eigenvalue weighted by Crippen LogP contribution is -2.15. The number of carbonyl (C=O) groups excluding carboxylic acids is 1. The van der Waals surface area contributed by atoms with Crippen LogP contribution >= 0.6 is 15.9 Å². The van der Waals surface area contributed by atoms with Crippen LogP contribution in [0.25, 0.3) is 0 Å². The fourth-order valence-corrected chi connectivity index (χ4v) is 2.52. The van der Waals surface area contributed by atoms with E-state index in [-0.39, 0.29) is 22.6 Å². The average molecular weight is 364 g/mol. The molecule has 5 heteroatoms. The summed E-state index contributed by atoms with van der Waals surface area (Å²) in [6.45, 7) is 5.83. The van der Waals surface area contributed by atoms with Crippen LogP contribution in [0.5, 0.6) is 11.5 Å². The average Bonchev–Trinajstić information content (AvgIpc) is 2.41. The number of carbonyl (C=O) groups is 1. The number of hydrogen-bond acceptors (Lipinski definition) is 3. The summed E-state index contributed by atoms with van der Waals surface area (Å²) in [5, 5.41) is 22.9. The Morgan fingerprint density at radius 1 is 1.14 bits per heavy atom. The minimum absolute atomic E-state index is 0.0254. The molecular formula is C17H18BrNO3. The number of rotatable bonds is 2.